The highest BCUT2D eigenvalue weighted by molar-refractivity contribution is 8.18. The van der Waals surface area contributed by atoms with Gasteiger partial charge in [0.25, 0.3) is 11.1 Å². The SMILES string of the molecule is CCOC(=O)CN1C(=O)S/C(=C/c2ccc(N3CCCC3)cc2C)C1=O. The number of ether oxygens (including phenoxy) is 1. The van der Waals surface area contributed by atoms with E-state index < -0.39 is 17.1 Å². The van der Waals surface area contributed by atoms with Crippen molar-refractivity contribution in [2.45, 2.75) is 26.7 Å². The van der Waals surface area contributed by atoms with Crippen LogP contribution in [0.15, 0.2) is 23.1 Å². The van der Waals surface area contributed by atoms with E-state index in [1.165, 1.54) is 18.5 Å². The highest BCUT2D eigenvalue weighted by Gasteiger charge is 2.36. The van der Waals surface area contributed by atoms with Gasteiger partial charge in [0.2, 0.25) is 0 Å². The van der Waals surface area contributed by atoms with Crippen LogP contribution in [0.25, 0.3) is 6.08 Å². The minimum atomic E-state index is -0.581. The molecule has 0 aliphatic carbocycles. The van der Waals surface area contributed by atoms with Crippen molar-refractivity contribution in [1.29, 1.82) is 0 Å². The smallest absolute Gasteiger partial charge is 0.326 e. The van der Waals surface area contributed by atoms with Crippen molar-refractivity contribution < 1.29 is 19.1 Å². The summed E-state index contributed by atoms with van der Waals surface area (Å²) in [7, 11) is 0. The zero-order valence-corrected chi connectivity index (χ0v) is 15.8. The van der Waals surface area contributed by atoms with Crippen LogP contribution in [0.1, 0.15) is 30.9 Å². The number of esters is 1. The zero-order valence-electron chi connectivity index (χ0n) is 15.0. The Labute approximate surface area is 157 Å². The van der Waals surface area contributed by atoms with Gasteiger partial charge in [-0.3, -0.25) is 19.3 Å². The molecule has 138 valence electrons. The topological polar surface area (TPSA) is 66.9 Å². The molecule has 0 radical (unpaired) electrons. The van der Waals surface area contributed by atoms with Crippen LogP contribution in [-0.2, 0) is 14.3 Å². The summed E-state index contributed by atoms with van der Waals surface area (Å²) in [4.78, 5) is 39.7. The third-order valence-corrected chi connectivity index (χ3v) is 5.38. The predicted octanol–water partition coefficient (Wildman–Crippen LogP) is 3.19. The van der Waals surface area contributed by atoms with Crippen molar-refractivity contribution in [1.82, 2.24) is 4.90 Å². The quantitative estimate of drug-likeness (QED) is 0.582. The van der Waals surface area contributed by atoms with Gasteiger partial charge in [0.1, 0.15) is 6.54 Å². The third kappa shape index (κ3) is 3.93. The maximum atomic E-state index is 12.4. The number of aryl methyl sites for hydroxylation is 1. The molecule has 0 bridgehead atoms. The molecular weight excluding hydrogens is 352 g/mol. The molecule has 26 heavy (non-hydrogen) atoms. The second-order valence-electron chi connectivity index (χ2n) is 6.31. The summed E-state index contributed by atoms with van der Waals surface area (Å²) in [5.41, 5.74) is 3.13. The monoisotopic (exact) mass is 374 g/mol. The van der Waals surface area contributed by atoms with E-state index in [1.807, 2.05) is 19.1 Å². The molecule has 0 N–H and O–H groups in total. The number of rotatable bonds is 5. The highest BCUT2D eigenvalue weighted by atomic mass is 32.2. The normalized spacial score (nSPS) is 18.9. The lowest BCUT2D eigenvalue weighted by Crippen LogP contribution is -2.34. The van der Waals surface area contributed by atoms with Crippen LogP contribution in [0, 0.1) is 6.92 Å². The Bertz CT molecular complexity index is 769. The fraction of sp³-hybridized carbons (Fsp3) is 0.421. The molecule has 2 fully saturated rings. The first kappa shape index (κ1) is 18.5. The van der Waals surface area contributed by atoms with Crippen LogP contribution in [0.2, 0.25) is 0 Å². The van der Waals surface area contributed by atoms with Gasteiger partial charge >= 0.3 is 5.97 Å². The third-order valence-electron chi connectivity index (χ3n) is 4.48. The van der Waals surface area contributed by atoms with Gasteiger partial charge < -0.3 is 9.64 Å². The molecule has 2 saturated heterocycles. The lowest BCUT2D eigenvalue weighted by atomic mass is 10.1. The number of hydrogen-bond donors (Lipinski definition) is 0. The summed E-state index contributed by atoms with van der Waals surface area (Å²) in [5, 5.41) is -0.444. The van der Waals surface area contributed by atoms with E-state index in [0.717, 1.165) is 40.9 Å². The molecule has 1 aromatic rings. The molecule has 7 heteroatoms. The van der Waals surface area contributed by atoms with E-state index >= 15 is 0 Å². The molecular formula is C19H22N2O4S. The number of benzene rings is 1. The van der Waals surface area contributed by atoms with Crippen molar-refractivity contribution in [2.24, 2.45) is 0 Å². The Morgan fingerprint density at radius 2 is 2.00 bits per heavy atom. The van der Waals surface area contributed by atoms with Crippen molar-refractivity contribution in [2.75, 3.05) is 31.1 Å². The van der Waals surface area contributed by atoms with Crippen LogP contribution in [0.3, 0.4) is 0 Å². The standard InChI is InChI=1S/C19H22N2O4S/c1-3-25-17(22)12-21-18(23)16(26-19(21)24)11-14-6-7-15(10-13(14)2)20-8-4-5-9-20/h6-7,10-11H,3-5,8-9,12H2,1-2H3/b16-11+. The Kier molecular flexibility index (Phi) is 5.66. The Balaban J connectivity index is 1.76. The lowest BCUT2D eigenvalue weighted by Gasteiger charge is -2.18. The van der Waals surface area contributed by atoms with Gasteiger partial charge in [-0.2, -0.15) is 0 Å². The first-order valence-corrected chi connectivity index (χ1v) is 9.58. The molecule has 2 aliphatic heterocycles. The number of hydrogen-bond acceptors (Lipinski definition) is 6. The molecule has 0 unspecified atom stereocenters. The molecule has 6 nitrogen and oxygen atoms in total. The second-order valence-corrected chi connectivity index (χ2v) is 7.30. The summed E-state index contributed by atoms with van der Waals surface area (Å²) >= 11 is 0.855. The van der Waals surface area contributed by atoms with Crippen LogP contribution >= 0.6 is 11.8 Å². The van der Waals surface area contributed by atoms with Crippen molar-refractivity contribution in [3.8, 4) is 0 Å². The number of carbonyl (C=O) groups excluding carboxylic acids is 3. The fourth-order valence-electron chi connectivity index (χ4n) is 3.11. The number of anilines is 1. The van der Waals surface area contributed by atoms with Gasteiger partial charge in [-0.1, -0.05) is 6.07 Å². The van der Waals surface area contributed by atoms with E-state index in [-0.39, 0.29) is 13.2 Å². The highest BCUT2D eigenvalue weighted by Crippen LogP contribution is 2.33. The summed E-state index contributed by atoms with van der Waals surface area (Å²) in [5.74, 6) is -1.03. The van der Waals surface area contributed by atoms with Crippen molar-refractivity contribution >= 4 is 40.6 Å². The number of imide groups is 1. The lowest BCUT2D eigenvalue weighted by molar-refractivity contribution is -0.145. The summed E-state index contributed by atoms with van der Waals surface area (Å²) in [6.45, 7) is 5.70. The summed E-state index contributed by atoms with van der Waals surface area (Å²) < 4.78 is 4.82. The maximum absolute atomic E-state index is 12.4. The minimum absolute atomic E-state index is 0.216. The summed E-state index contributed by atoms with van der Waals surface area (Å²) in [6, 6.07) is 6.13. The van der Waals surface area contributed by atoms with Crippen molar-refractivity contribution in [3.05, 3.63) is 34.2 Å². The largest absolute Gasteiger partial charge is 0.465 e. The van der Waals surface area contributed by atoms with Crippen LogP contribution < -0.4 is 4.90 Å². The Morgan fingerprint density at radius 1 is 1.27 bits per heavy atom. The van der Waals surface area contributed by atoms with Crippen LogP contribution in [-0.4, -0.2) is 48.3 Å². The van der Waals surface area contributed by atoms with E-state index in [0.29, 0.717) is 4.91 Å². The molecule has 0 aromatic heterocycles. The summed E-state index contributed by atoms with van der Waals surface area (Å²) in [6.07, 6.45) is 4.15. The van der Waals surface area contributed by atoms with E-state index in [2.05, 4.69) is 11.0 Å². The van der Waals surface area contributed by atoms with Gasteiger partial charge in [0.15, 0.2) is 0 Å². The molecule has 3 rings (SSSR count). The minimum Gasteiger partial charge on any atom is -0.465 e. The van der Waals surface area contributed by atoms with E-state index in [1.54, 1.807) is 13.0 Å². The van der Waals surface area contributed by atoms with Gasteiger partial charge in [-0.15, -0.1) is 0 Å². The molecule has 0 atom stereocenters. The van der Waals surface area contributed by atoms with Gasteiger partial charge in [0.05, 0.1) is 11.5 Å². The Morgan fingerprint density at radius 3 is 2.65 bits per heavy atom. The molecule has 2 amide bonds. The van der Waals surface area contributed by atoms with E-state index in [4.69, 9.17) is 4.74 Å². The van der Waals surface area contributed by atoms with Crippen LogP contribution in [0.4, 0.5) is 10.5 Å². The number of amides is 2. The number of nitrogens with zero attached hydrogens (tertiary/aromatic N) is 2. The Hall–Kier alpha value is -2.28. The molecule has 1 aromatic carbocycles. The number of carbonyl (C=O) groups is 3. The van der Waals surface area contributed by atoms with Crippen LogP contribution in [0.5, 0.6) is 0 Å². The van der Waals surface area contributed by atoms with E-state index in [9.17, 15) is 14.4 Å². The fourth-order valence-corrected chi connectivity index (χ4v) is 3.94. The first-order valence-electron chi connectivity index (χ1n) is 8.76. The number of thioether (sulfide) groups is 1. The van der Waals surface area contributed by atoms with Gasteiger partial charge in [0, 0.05) is 18.8 Å². The zero-order chi connectivity index (χ0) is 18.7. The van der Waals surface area contributed by atoms with Crippen molar-refractivity contribution in [3.63, 3.8) is 0 Å². The first-order chi connectivity index (χ1) is 12.5. The molecule has 2 heterocycles. The average Bonchev–Trinajstić information content (AvgIpc) is 3.22. The van der Waals surface area contributed by atoms with Gasteiger partial charge in [-0.25, -0.2) is 0 Å². The average molecular weight is 374 g/mol. The molecule has 0 saturated carbocycles. The second kappa shape index (κ2) is 7.95. The predicted molar refractivity (Wildman–Crippen MR) is 102 cm³/mol. The molecule has 2 aliphatic rings. The van der Waals surface area contributed by atoms with Gasteiger partial charge in [-0.05, 0) is 67.8 Å². The molecule has 0 spiro atoms. The maximum Gasteiger partial charge on any atom is 0.326 e.